The Bertz CT molecular complexity index is 1010. The molecule has 29 heavy (non-hydrogen) atoms. The van der Waals surface area contributed by atoms with E-state index in [0.29, 0.717) is 33.0 Å². The number of ether oxygens (including phenoxy) is 2. The van der Waals surface area contributed by atoms with E-state index in [0.717, 1.165) is 5.69 Å². The Morgan fingerprint density at radius 1 is 0.966 bits per heavy atom. The van der Waals surface area contributed by atoms with Crippen LogP contribution in [0.25, 0.3) is 0 Å². The minimum absolute atomic E-state index is 0.240. The van der Waals surface area contributed by atoms with Crippen LogP contribution in [0.1, 0.15) is 10.6 Å². The van der Waals surface area contributed by atoms with Gasteiger partial charge in [0, 0.05) is 17.4 Å². The third kappa shape index (κ3) is 5.18. The number of halogens is 1. The van der Waals surface area contributed by atoms with Crippen molar-refractivity contribution in [3.8, 4) is 11.5 Å². The summed E-state index contributed by atoms with van der Waals surface area (Å²) >= 11 is 11.5. The van der Waals surface area contributed by atoms with Gasteiger partial charge in [-0.05, 0) is 54.7 Å². The molecule has 0 saturated carbocycles. The highest BCUT2D eigenvalue weighted by Crippen LogP contribution is 2.36. The van der Waals surface area contributed by atoms with Crippen molar-refractivity contribution in [1.82, 2.24) is 0 Å². The first-order valence-electron chi connectivity index (χ1n) is 8.44. The molecule has 0 fully saturated rings. The third-order valence-electron chi connectivity index (χ3n) is 3.87. The van der Waals surface area contributed by atoms with Gasteiger partial charge in [-0.15, -0.1) is 0 Å². The fourth-order valence-corrected chi connectivity index (χ4v) is 2.95. The van der Waals surface area contributed by atoms with Gasteiger partial charge in [-0.1, -0.05) is 11.6 Å². The Kier molecular flexibility index (Phi) is 6.58. The predicted octanol–water partition coefficient (Wildman–Crippen LogP) is 5.01. The minimum Gasteiger partial charge on any atom is -0.495 e. The van der Waals surface area contributed by atoms with E-state index < -0.39 is 0 Å². The van der Waals surface area contributed by atoms with E-state index in [2.05, 4.69) is 16.0 Å². The molecule has 1 heterocycles. The van der Waals surface area contributed by atoms with Gasteiger partial charge in [0.05, 0.1) is 31.2 Å². The number of nitrogens with one attached hydrogen (secondary N) is 3. The number of furan rings is 1. The van der Waals surface area contributed by atoms with Gasteiger partial charge >= 0.3 is 0 Å². The van der Waals surface area contributed by atoms with E-state index in [1.807, 2.05) is 0 Å². The maximum absolute atomic E-state index is 12.0. The van der Waals surface area contributed by atoms with E-state index in [1.165, 1.54) is 13.4 Å². The van der Waals surface area contributed by atoms with E-state index in [1.54, 1.807) is 55.6 Å². The second-order valence-corrected chi connectivity index (χ2v) is 6.59. The number of anilines is 3. The van der Waals surface area contributed by atoms with E-state index in [-0.39, 0.29) is 11.7 Å². The fraction of sp³-hybridized carbons (Fsp3) is 0.100. The molecule has 3 aromatic rings. The molecule has 0 saturated heterocycles. The standard InChI is InChI=1S/C20H18ClN3O4S/c1-26-17-11-18(27-2)15(10-14(17)21)24-20(29)23-13-7-5-12(6-8-13)22-19(25)16-4-3-9-28-16/h3-11H,1-2H3,(H,22,25)(H2,23,24,29). The lowest BCUT2D eigenvalue weighted by Crippen LogP contribution is -2.19. The second-order valence-electron chi connectivity index (χ2n) is 5.77. The highest BCUT2D eigenvalue weighted by atomic mass is 35.5. The number of methoxy groups -OCH3 is 2. The van der Waals surface area contributed by atoms with Crippen molar-refractivity contribution in [1.29, 1.82) is 0 Å². The number of carbonyl (C=O) groups excluding carboxylic acids is 1. The highest BCUT2D eigenvalue weighted by molar-refractivity contribution is 7.80. The zero-order valence-electron chi connectivity index (χ0n) is 15.6. The maximum atomic E-state index is 12.0. The molecule has 0 atom stereocenters. The Morgan fingerprint density at radius 3 is 2.21 bits per heavy atom. The Labute approximate surface area is 177 Å². The van der Waals surface area contributed by atoms with Crippen LogP contribution in [0.2, 0.25) is 5.02 Å². The summed E-state index contributed by atoms with van der Waals surface area (Å²) in [6, 6.07) is 13.6. The minimum atomic E-state index is -0.323. The van der Waals surface area contributed by atoms with E-state index >= 15 is 0 Å². The quantitative estimate of drug-likeness (QED) is 0.473. The molecule has 0 aliphatic carbocycles. The zero-order chi connectivity index (χ0) is 20.8. The van der Waals surface area contributed by atoms with Crippen LogP contribution in [-0.4, -0.2) is 25.2 Å². The molecular weight excluding hydrogens is 414 g/mol. The van der Waals surface area contributed by atoms with Crippen LogP contribution in [0.5, 0.6) is 11.5 Å². The molecule has 3 rings (SSSR count). The van der Waals surface area contributed by atoms with Gasteiger partial charge in [0.1, 0.15) is 11.5 Å². The first kappa shape index (κ1) is 20.5. The molecule has 1 aromatic heterocycles. The van der Waals surface area contributed by atoms with Crippen molar-refractivity contribution in [3.63, 3.8) is 0 Å². The van der Waals surface area contributed by atoms with Crippen LogP contribution in [-0.2, 0) is 0 Å². The van der Waals surface area contributed by atoms with E-state index in [9.17, 15) is 4.79 Å². The molecule has 0 aliphatic heterocycles. The molecule has 0 spiro atoms. The molecular formula is C20H18ClN3O4S. The summed E-state index contributed by atoms with van der Waals surface area (Å²) < 4.78 is 15.6. The number of rotatable bonds is 6. The van der Waals surface area contributed by atoms with Gasteiger partial charge in [-0.25, -0.2) is 0 Å². The van der Waals surface area contributed by atoms with Gasteiger partial charge in [0.15, 0.2) is 10.9 Å². The number of hydrogen-bond donors (Lipinski definition) is 3. The molecule has 0 aliphatic rings. The van der Waals surface area contributed by atoms with Gasteiger partial charge in [0.2, 0.25) is 0 Å². The molecule has 7 nitrogen and oxygen atoms in total. The molecule has 2 aromatic carbocycles. The Balaban J connectivity index is 1.62. The summed E-state index contributed by atoms with van der Waals surface area (Å²) in [4.78, 5) is 12.0. The SMILES string of the molecule is COc1cc(OC)c(NC(=S)Nc2ccc(NC(=O)c3ccco3)cc2)cc1Cl. The first-order valence-corrected chi connectivity index (χ1v) is 9.23. The van der Waals surface area contributed by atoms with Gasteiger partial charge in [0.25, 0.3) is 5.91 Å². The van der Waals surface area contributed by atoms with Crippen LogP contribution < -0.4 is 25.4 Å². The molecule has 0 bridgehead atoms. The molecule has 150 valence electrons. The Hall–Kier alpha value is -3.23. The lowest BCUT2D eigenvalue weighted by molar-refractivity contribution is 0.0996. The number of thiocarbonyl (C=S) groups is 1. The summed E-state index contributed by atoms with van der Waals surface area (Å²) in [5, 5.41) is 9.61. The average molecular weight is 432 g/mol. The van der Waals surface area contributed by atoms with Crippen LogP contribution in [0.4, 0.5) is 17.1 Å². The average Bonchev–Trinajstić information content (AvgIpc) is 3.25. The highest BCUT2D eigenvalue weighted by Gasteiger charge is 2.12. The topological polar surface area (TPSA) is 84.8 Å². The summed E-state index contributed by atoms with van der Waals surface area (Å²) in [6.45, 7) is 0. The van der Waals surface area contributed by atoms with Crippen molar-refractivity contribution in [3.05, 3.63) is 65.6 Å². The maximum Gasteiger partial charge on any atom is 0.291 e. The smallest absolute Gasteiger partial charge is 0.291 e. The lowest BCUT2D eigenvalue weighted by atomic mass is 10.2. The Morgan fingerprint density at radius 2 is 1.62 bits per heavy atom. The van der Waals surface area contributed by atoms with Crippen molar-refractivity contribution < 1.29 is 18.7 Å². The van der Waals surface area contributed by atoms with Crippen LogP contribution in [0.3, 0.4) is 0 Å². The molecule has 9 heteroatoms. The van der Waals surface area contributed by atoms with Crippen molar-refractivity contribution in [2.24, 2.45) is 0 Å². The van der Waals surface area contributed by atoms with Crippen LogP contribution in [0, 0.1) is 0 Å². The van der Waals surface area contributed by atoms with Crippen molar-refractivity contribution in [2.75, 3.05) is 30.2 Å². The van der Waals surface area contributed by atoms with Crippen LogP contribution >= 0.6 is 23.8 Å². The van der Waals surface area contributed by atoms with Crippen molar-refractivity contribution in [2.45, 2.75) is 0 Å². The normalized spacial score (nSPS) is 10.2. The van der Waals surface area contributed by atoms with E-state index in [4.69, 9.17) is 37.7 Å². The predicted molar refractivity (Wildman–Crippen MR) is 118 cm³/mol. The third-order valence-corrected chi connectivity index (χ3v) is 4.37. The zero-order valence-corrected chi connectivity index (χ0v) is 17.2. The number of hydrogen-bond acceptors (Lipinski definition) is 5. The largest absolute Gasteiger partial charge is 0.495 e. The summed E-state index contributed by atoms with van der Waals surface area (Å²) in [5.74, 6) is 0.951. The summed E-state index contributed by atoms with van der Waals surface area (Å²) in [7, 11) is 3.07. The fourth-order valence-electron chi connectivity index (χ4n) is 2.48. The van der Waals surface area contributed by atoms with Gasteiger partial charge in [-0.3, -0.25) is 4.79 Å². The first-order chi connectivity index (χ1) is 14.0. The van der Waals surface area contributed by atoms with Gasteiger partial charge in [-0.2, -0.15) is 0 Å². The molecule has 0 unspecified atom stereocenters. The van der Waals surface area contributed by atoms with Crippen molar-refractivity contribution >= 4 is 51.9 Å². The number of benzene rings is 2. The second kappa shape index (κ2) is 9.31. The molecule has 0 radical (unpaired) electrons. The number of amides is 1. The summed E-state index contributed by atoms with van der Waals surface area (Å²) in [6.07, 6.45) is 1.45. The van der Waals surface area contributed by atoms with Gasteiger partial charge < -0.3 is 29.8 Å². The van der Waals surface area contributed by atoms with Crippen LogP contribution in [0.15, 0.2) is 59.2 Å². The monoisotopic (exact) mass is 431 g/mol. The number of carbonyl (C=O) groups is 1. The molecule has 1 amide bonds. The molecule has 3 N–H and O–H groups in total. The summed E-state index contributed by atoms with van der Waals surface area (Å²) in [5.41, 5.74) is 1.95. The lowest BCUT2D eigenvalue weighted by Gasteiger charge is -2.15.